The number of anilines is 2. The molecule has 0 fully saturated rings. The highest BCUT2D eigenvalue weighted by Gasteiger charge is 2.15. The third-order valence-corrected chi connectivity index (χ3v) is 5.28. The molecule has 0 saturated heterocycles. The van der Waals surface area contributed by atoms with Gasteiger partial charge < -0.3 is 10.6 Å². The Morgan fingerprint density at radius 1 is 1.10 bits per heavy atom. The van der Waals surface area contributed by atoms with Crippen molar-refractivity contribution in [2.75, 3.05) is 36.0 Å². The van der Waals surface area contributed by atoms with E-state index in [0.717, 1.165) is 10.5 Å². The van der Waals surface area contributed by atoms with Crippen LogP contribution in [0.3, 0.4) is 0 Å². The molecule has 0 aliphatic heterocycles. The molecule has 0 aliphatic carbocycles. The summed E-state index contributed by atoms with van der Waals surface area (Å²) in [4.78, 5) is 27.4. The molecule has 0 atom stereocenters. The third kappa shape index (κ3) is 7.42. The number of amides is 2. The van der Waals surface area contributed by atoms with E-state index in [1.165, 1.54) is 11.8 Å². The van der Waals surface area contributed by atoms with Crippen molar-refractivity contribution in [3.63, 3.8) is 0 Å². The summed E-state index contributed by atoms with van der Waals surface area (Å²) in [6, 6.07) is 14.7. The van der Waals surface area contributed by atoms with Gasteiger partial charge >= 0.3 is 0 Å². The van der Waals surface area contributed by atoms with Crippen molar-refractivity contribution in [2.45, 2.75) is 18.7 Å². The van der Waals surface area contributed by atoms with E-state index in [-0.39, 0.29) is 24.9 Å². The van der Waals surface area contributed by atoms with Gasteiger partial charge in [-0.3, -0.25) is 14.5 Å². The molecule has 2 aromatic rings. The molecule has 2 rings (SSSR count). The monoisotopic (exact) mass is 430 g/mol. The topological polar surface area (TPSA) is 85.2 Å². The van der Waals surface area contributed by atoms with Gasteiger partial charge in [0, 0.05) is 15.6 Å². The molecule has 152 valence electrons. The van der Waals surface area contributed by atoms with Gasteiger partial charge in [0.1, 0.15) is 0 Å². The van der Waals surface area contributed by atoms with Crippen molar-refractivity contribution < 1.29 is 9.59 Å². The lowest BCUT2D eigenvalue weighted by Crippen LogP contribution is -2.38. The Bertz CT molecular complexity index is 914. The number of hydrogen-bond donors (Lipinski definition) is 2. The van der Waals surface area contributed by atoms with Gasteiger partial charge in [0.2, 0.25) is 11.8 Å². The molecule has 8 heteroatoms. The number of likely N-dealkylation sites (N-methyl/N-ethyl adjacent to an activating group) is 1. The molecule has 0 unspecified atom stereocenters. The van der Waals surface area contributed by atoms with Crippen LogP contribution in [0.4, 0.5) is 11.4 Å². The molecule has 0 spiro atoms. The van der Waals surface area contributed by atoms with Crippen molar-refractivity contribution in [3.8, 4) is 6.07 Å². The minimum atomic E-state index is -0.219. The lowest BCUT2D eigenvalue weighted by atomic mass is 10.2. The van der Waals surface area contributed by atoms with E-state index in [0.29, 0.717) is 28.7 Å². The first-order valence-corrected chi connectivity index (χ1v) is 10.5. The Labute approximate surface area is 180 Å². The zero-order chi connectivity index (χ0) is 21.2. The van der Waals surface area contributed by atoms with Crippen LogP contribution in [0.2, 0.25) is 5.02 Å². The Morgan fingerprint density at radius 3 is 2.41 bits per heavy atom. The maximum atomic E-state index is 12.5. The van der Waals surface area contributed by atoms with Crippen LogP contribution in [0, 0.1) is 18.3 Å². The summed E-state index contributed by atoms with van der Waals surface area (Å²) < 4.78 is 0. The fraction of sp³-hybridized carbons (Fsp3) is 0.286. The third-order valence-electron chi connectivity index (χ3n) is 4.11. The van der Waals surface area contributed by atoms with Gasteiger partial charge in [0.05, 0.1) is 30.6 Å². The number of nitriles is 1. The number of benzene rings is 2. The van der Waals surface area contributed by atoms with Crippen LogP contribution in [0.25, 0.3) is 0 Å². The Hall–Kier alpha value is -2.53. The standard InChI is InChI=1S/C21H23ClN4O2S/c1-3-26(14-21(28)25-18-12-16(22)9-8-15(18)2)13-20(27)24-17-6-4-5-7-19(17)29-11-10-23/h4-9,12H,3,11,13-14H2,1-2H3,(H,24,27)(H,25,28). The van der Waals surface area contributed by atoms with Gasteiger partial charge in [-0.05, 0) is 43.3 Å². The van der Waals surface area contributed by atoms with Crippen LogP contribution in [-0.2, 0) is 9.59 Å². The maximum absolute atomic E-state index is 12.5. The highest BCUT2D eigenvalue weighted by Crippen LogP contribution is 2.26. The van der Waals surface area contributed by atoms with Gasteiger partial charge in [-0.1, -0.05) is 36.7 Å². The first kappa shape index (κ1) is 22.8. The maximum Gasteiger partial charge on any atom is 0.238 e. The number of halogens is 1. The summed E-state index contributed by atoms with van der Waals surface area (Å²) in [5, 5.41) is 15.0. The number of carbonyl (C=O) groups is 2. The second-order valence-electron chi connectivity index (χ2n) is 6.30. The molecule has 0 heterocycles. The summed E-state index contributed by atoms with van der Waals surface area (Å²) >= 11 is 7.35. The zero-order valence-electron chi connectivity index (χ0n) is 16.4. The summed E-state index contributed by atoms with van der Waals surface area (Å²) in [6.45, 7) is 4.48. The molecule has 6 nitrogen and oxygen atoms in total. The molecule has 0 aromatic heterocycles. The van der Waals surface area contributed by atoms with Gasteiger partial charge in [0.25, 0.3) is 0 Å². The number of nitrogens with zero attached hydrogens (tertiary/aromatic N) is 2. The molecule has 0 aliphatic rings. The van der Waals surface area contributed by atoms with Crippen molar-refractivity contribution >= 4 is 46.6 Å². The zero-order valence-corrected chi connectivity index (χ0v) is 17.9. The number of aryl methyl sites for hydroxylation is 1. The number of rotatable bonds is 9. The molecule has 2 amide bonds. The Morgan fingerprint density at radius 2 is 1.76 bits per heavy atom. The van der Waals surface area contributed by atoms with Crippen molar-refractivity contribution in [3.05, 3.63) is 53.1 Å². The summed E-state index contributed by atoms with van der Waals surface area (Å²) in [7, 11) is 0. The van der Waals surface area contributed by atoms with E-state index in [4.69, 9.17) is 16.9 Å². The number of carbonyl (C=O) groups excluding carboxylic acids is 2. The molecule has 0 radical (unpaired) electrons. The van der Waals surface area contributed by atoms with Gasteiger partial charge in [0.15, 0.2) is 0 Å². The van der Waals surface area contributed by atoms with E-state index < -0.39 is 0 Å². The SMILES string of the molecule is CCN(CC(=O)Nc1cc(Cl)ccc1C)CC(=O)Nc1ccccc1SCC#N. The van der Waals surface area contributed by atoms with Crippen LogP contribution >= 0.6 is 23.4 Å². The predicted octanol–water partition coefficient (Wildman–Crippen LogP) is 4.16. The lowest BCUT2D eigenvalue weighted by Gasteiger charge is -2.20. The van der Waals surface area contributed by atoms with Crippen LogP contribution in [0.1, 0.15) is 12.5 Å². The number of para-hydroxylation sites is 1. The molecular weight excluding hydrogens is 408 g/mol. The van der Waals surface area contributed by atoms with E-state index in [1.807, 2.05) is 38.1 Å². The molecule has 0 bridgehead atoms. The quantitative estimate of drug-likeness (QED) is 0.583. The van der Waals surface area contributed by atoms with Crippen molar-refractivity contribution in [2.24, 2.45) is 0 Å². The molecular formula is C21H23ClN4O2S. The van der Waals surface area contributed by atoms with Crippen LogP contribution < -0.4 is 10.6 Å². The fourth-order valence-corrected chi connectivity index (χ4v) is 3.44. The van der Waals surface area contributed by atoms with Crippen molar-refractivity contribution in [1.29, 1.82) is 5.26 Å². The molecule has 29 heavy (non-hydrogen) atoms. The van der Waals surface area contributed by atoms with Crippen molar-refractivity contribution in [1.82, 2.24) is 4.90 Å². The highest BCUT2D eigenvalue weighted by molar-refractivity contribution is 7.99. The molecule has 2 N–H and O–H groups in total. The van der Waals surface area contributed by atoms with E-state index in [2.05, 4.69) is 16.7 Å². The highest BCUT2D eigenvalue weighted by atomic mass is 35.5. The average Bonchev–Trinajstić information content (AvgIpc) is 2.69. The average molecular weight is 431 g/mol. The first-order chi connectivity index (χ1) is 13.9. The smallest absolute Gasteiger partial charge is 0.238 e. The predicted molar refractivity (Wildman–Crippen MR) is 118 cm³/mol. The van der Waals surface area contributed by atoms with Gasteiger partial charge in [-0.25, -0.2) is 0 Å². The minimum absolute atomic E-state index is 0.0791. The van der Waals surface area contributed by atoms with Gasteiger partial charge in [-0.2, -0.15) is 5.26 Å². The largest absolute Gasteiger partial charge is 0.325 e. The van der Waals surface area contributed by atoms with Gasteiger partial charge in [-0.15, -0.1) is 11.8 Å². The normalized spacial score (nSPS) is 10.4. The first-order valence-electron chi connectivity index (χ1n) is 9.10. The fourth-order valence-electron chi connectivity index (χ4n) is 2.60. The number of hydrogen-bond acceptors (Lipinski definition) is 5. The minimum Gasteiger partial charge on any atom is -0.325 e. The van der Waals surface area contributed by atoms with Crippen LogP contribution in [0.15, 0.2) is 47.4 Å². The Kier molecular flexibility index (Phi) is 9.00. The van der Waals surface area contributed by atoms with Crippen LogP contribution in [-0.4, -0.2) is 42.1 Å². The summed E-state index contributed by atoms with van der Waals surface area (Å²) in [5.74, 6) is -0.129. The Balaban J connectivity index is 1.94. The lowest BCUT2D eigenvalue weighted by molar-refractivity contribution is -0.119. The second kappa shape index (κ2) is 11.5. The molecule has 0 saturated carbocycles. The number of thioether (sulfide) groups is 1. The van der Waals surface area contributed by atoms with E-state index in [9.17, 15) is 9.59 Å². The van der Waals surface area contributed by atoms with Crippen LogP contribution in [0.5, 0.6) is 0 Å². The van der Waals surface area contributed by atoms with E-state index >= 15 is 0 Å². The summed E-state index contributed by atoms with van der Waals surface area (Å²) in [6.07, 6.45) is 0. The summed E-state index contributed by atoms with van der Waals surface area (Å²) in [5.41, 5.74) is 2.23. The number of nitrogens with one attached hydrogen (secondary N) is 2. The molecule has 2 aromatic carbocycles. The van der Waals surface area contributed by atoms with E-state index in [1.54, 1.807) is 23.1 Å². The second-order valence-corrected chi connectivity index (χ2v) is 7.76.